The van der Waals surface area contributed by atoms with Crippen molar-refractivity contribution in [1.29, 1.82) is 0 Å². The summed E-state index contributed by atoms with van der Waals surface area (Å²) in [6.45, 7) is 4.42. The topological polar surface area (TPSA) is 0 Å². The predicted octanol–water partition coefficient (Wildman–Crippen LogP) is 5.07. The van der Waals surface area contributed by atoms with Crippen LogP contribution in [0.4, 0.5) is 4.39 Å². The Kier molecular flexibility index (Phi) is 5.66. The van der Waals surface area contributed by atoms with Gasteiger partial charge in [0, 0.05) is 5.03 Å². The largest absolute Gasteiger partial charge is 0.241 e. The molecule has 0 N–H and O–H groups in total. The molecule has 15 heavy (non-hydrogen) atoms. The molecule has 0 fully saturated rings. The summed E-state index contributed by atoms with van der Waals surface area (Å²) in [5.74, 6) is 1.21. The van der Waals surface area contributed by atoms with Gasteiger partial charge >= 0.3 is 0 Å². The van der Waals surface area contributed by atoms with E-state index in [4.69, 9.17) is 11.6 Å². The van der Waals surface area contributed by atoms with Gasteiger partial charge in [-0.25, -0.2) is 4.39 Å². The Balaban J connectivity index is 2.54. The van der Waals surface area contributed by atoms with Gasteiger partial charge in [-0.3, -0.25) is 0 Å². The van der Waals surface area contributed by atoms with Crippen LogP contribution in [0.1, 0.15) is 52.4 Å². The lowest BCUT2D eigenvalue weighted by Gasteiger charge is -2.30. The van der Waals surface area contributed by atoms with Crippen LogP contribution in [0.15, 0.2) is 11.1 Å². The van der Waals surface area contributed by atoms with E-state index in [1.165, 1.54) is 25.7 Å². The molecule has 0 nitrogen and oxygen atoms in total. The first-order valence-electron chi connectivity index (χ1n) is 6.18. The van der Waals surface area contributed by atoms with E-state index >= 15 is 0 Å². The van der Waals surface area contributed by atoms with E-state index in [-0.39, 0.29) is 0 Å². The predicted molar refractivity (Wildman–Crippen MR) is 64.9 cm³/mol. The Morgan fingerprint density at radius 1 is 1.40 bits per heavy atom. The van der Waals surface area contributed by atoms with Gasteiger partial charge in [0.15, 0.2) is 0 Å². The summed E-state index contributed by atoms with van der Waals surface area (Å²) in [5, 5.41) is 0.429. The first-order chi connectivity index (χ1) is 7.19. The summed E-state index contributed by atoms with van der Waals surface area (Å²) in [4.78, 5) is 0. The number of halogens is 2. The van der Waals surface area contributed by atoms with Crippen molar-refractivity contribution >= 4 is 11.6 Å². The molecule has 0 bridgehead atoms. The second-order valence-corrected chi connectivity index (χ2v) is 5.06. The average molecular weight is 233 g/mol. The summed E-state index contributed by atoms with van der Waals surface area (Å²) in [7, 11) is 0. The number of hydrogen-bond donors (Lipinski definition) is 0. The van der Waals surface area contributed by atoms with Crippen LogP contribution in [0.2, 0.25) is 0 Å². The molecule has 2 heteroatoms. The van der Waals surface area contributed by atoms with Crippen LogP contribution in [0.5, 0.6) is 0 Å². The minimum absolute atomic E-state index is 0.429. The summed E-state index contributed by atoms with van der Waals surface area (Å²) < 4.78 is 13.5. The molecule has 0 radical (unpaired) electrons. The van der Waals surface area contributed by atoms with Crippen molar-refractivity contribution in [1.82, 2.24) is 0 Å². The van der Waals surface area contributed by atoms with E-state index in [1.807, 2.05) is 6.08 Å². The van der Waals surface area contributed by atoms with Crippen molar-refractivity contribution in [3.8, 4) is 0 Å². The molecule has 0 aromatic rings. The van der Waals surface area contributed by atoms with Gasteiger partial charge in [-0.2, -0.15) is 0 Å². The summed E-state index contributed by atoms with van der Waals surface area (Å²) >= 11 is 5.78. The van der Waals surface area contributed by atoms with Crippen LogP contribution in [0.25, 0.3) is 0 Å². The molecule has 2 unspecified atom stereocenters. The molecular formula is C13H22ClF. The second-order valence-electron chi connectivity index (χ2n) is 4.63. The smallest absolute Gasteiger partial charge is 0.136 e. The highest BCUT2D eigenvalue weighted by molar-refractivity contribution is 6.30. The Hall–Kier alpha value is -0.0400. The zero-order chi connectivity index (χ0) is 11.3. The van der Waals surface area contributed by atoms with Gasteiger partial charge in [0.25, 0.3) is 0 Å². The first kappa shape index (κ1) is 13.0. The van der Waals surface area contributed by atoms with Crippen molar-refractivity contribution < 1.29 is 4.39 Å². The molecule has 1 aliphatic rings. The van der Waals surface area contributed by atoms with Crippen LogP contribution in [-0.4, -0.2) is 6.17 Å². The number of allylic oxidation sites excluding steroid dienone is 2. The van der Waals surface area contributed by atoms with Gasteiger partial charge in [0.05, 0.1) is 0 Å². The van der Waals surface area contributed by atoms with Crippen LogP contribution in [0, 0.1) is 11.8 Å². The quantitative estimate of drug-likeness (QED) is 0.621. The molecular weight excluding hydrogens is 211 g/mol. The lowest BCUT2D eigenvalue weighted by Crippen LogP contribution is -2.22. The lowest BCUT2D eigenvalue weighted by molar-refractivity contribution is 0.212. The molecule has 0 aliphatic heterocycles. The Labute approximate surface area is 97.9 Å². The third-order valence-electron chi connectivity index (χ3n) is 3.41. The molecule has 88 valence electrons. The highest BCUT2D eigenvalue weighted by Gasteiger charge is 2.27. The molecule has 2 atom stereocenters. The lowest BCUT2D eigenvalue weighted by atomic mass is 9.78. The SMILES string of the molecule is CCCC(CCC)C1CC=C(Cl)C(F)C1. The molecule has 0 heterocycles. The zero-order valence-electron chi connectivity index (χ0n) is 9.81. The Morgan fingerprint density at radius 2 is 2.00 bits per heavy atom. The van der Waals surface area contributed by atoms with Gasteiger partial charge in [-0.15, -0.1) is 0 Å². The highest BCUT2D eigenvalue weighted by Crippen LogP contribution is 2.36. The van der Waals surface area contributed by atoms with Crippen molar-refractivity contribution in [2.75, 3.05) is 0 Å². The minimum atomic E-state index is -0.901. The van der Waals surface area contributed by atoms with Crippen molar-refractivity contribution in [3.05, 3.63) is 11.1 Å². The van der Waals surface area contributed by atoms with Crippen LogP contribution >= 0.6 is 11.6 Å². The van der Waals surface area contributed by atoms with E-state index in [9.17, 15) is 4.39 Å². The zero-order valence-corrected chi connectivity index (χ0v) is 10.6. The summed E-state index contributed by atoms with van der Waals surface area (Å²) in [6, 6.07) is 0. The second kappa shape index (κ2) is 6.52. The fourth-order valence-corrected chi connectivity index (χ4v) is 2.79. The number of hydrogen-bond acceptors (Lipinski definition) is 0. The fraction of sp³-hybridized carbons (Fsp3) is 0.846. The first-order valence-corrected chi connectivity index (χ1v) is 6.56. The number of alkyl halides is 1. The van der Waals surface area contributed by atoms with Crippen molar-refractivity contribution in [2.45, 2.75) is 58.5 Å². The van der Waals surface area contributed by atoms with E-state index in [2.05, 4.69) is 13.8 Å². The monoisotopic (exact) mass is 232 g/mol. The molecule has 0 amide bonds. The number of rotatable bonds is 5. The van der Waals surface area contributed by atoms with Crippen LogP contribution in [0.3, 0.4) is 0 Å². The molecule has 0 aromatic heterocycles. The van der Waals surface area contributed by atoms with Gasteiger partial charge in [0.1, 0.15) is 6.17 Å². The van der Waals surface area contributed by atoms with Gasteiger partial charge < -0.3 is 0 Å². The third kappa shape index (κ3) is 3.79. The maximum Gasteiger partial charge on any atom is 0.136 e. The van der Waals surface area contributed by atoms with E-state index in [0.29, 0.717) is 23.3 Å². The Morgan fingerprint density at radius 3 is 2.47 bits per heavy atom. The molecule has 1 aliphatic carbocycles. The maximum atomic E-state index is 13.5. The third-order valence-corrected chi connectivity index (χ3v) is 3.80. The molecule has 0 saturated carbocycles. The van der Waals surface area contributed by atoms with E-state index in [0.717, 1.165) is 6.42 Å². The molecule has 0 spiro atoms. The highest BCUT2D eigenvalue weighted by atomic mass is 35.5. The Bertz CT molecular complexity index is 207. The standard InChI is InChI=1S/C13H22ClF/c1-3-5-10(6-4-2)11-7-8-12(14)13(15)9-11/h8,10-11,13H,3-7,9H2,1-2H3. The van der Waals surface area contributed by atoms with Gasteiger partial charge in [-0.05, 0) is 24.7 Å². The average Bonchev–Trinajstić information content (AvgIpc) is 2.22. The molecule has 0 aromatic carbocycles. The minimum Gasteiger partial charge on any atom is -0.241 e. The van der Waals surface area contributed by atoms with Crippen molar-refractivity contribution in [2.24, 2.45) is 11.8 Å². The van der Waals surface area contributed by atoms with E-state index < -0.39 is 6.17 Å². The molecule has 0 saturated heterocycles. The fourth-order valence-electron chi connectivity index (χ4n) is 2.61. The summed E-state index contributed by atoms with van der Waals surface area (Å²) in [5.41, 5.74) is 0. The van der Waals surface area contributed by atoms with Crippen molar-refractivity contribution in [3.63, 3.8) is 0 Å². The van der Waals surface area contributed by atoms with Gasteiger partial charge in [-0.1, -0.05) is 57.2 Å². The normalized spacial score (nSPS) is 26.9. The summed E-state index contributed by atoms with van der Waals surface area (Å²) in [6.07, 6.45) is 7.47. The van der Waals surface area contributed by atoms with Crippen LogP contribution in [-0.2, 0) is 0 Å². The van der Waals surface area contributed by atoms with Gasteiger partial charge in [0.2, 0.25) is 0 Å². The van der Waals surface area contributed by atoms with Crippen LogP contribution < -0.4 is 0 Å². The van der Waals surface area contributed by atoms with E-state index in [1.54, 1.807) is 0 Å². The maximum absolute atomic E-state index is 13.5. The molecule has 1 rings (SSSR count).